The van der Waals surface area contributed by atoms with Crippen molar-refractivity contribution < 1.29 is 199 Å². The fourth-order valence-corrected chi connectivity index (χ4v) is 3.10. The minimum absolute atomic E-state index is 0. The van der Waals surface area contributed by atoms with E-state index in [2.05, 4.69) is 6.20 Å². The minimum atomic E-state index is -1.71. The molecule has 1 aliphatic rings. The topological polar surface area (TPSA) is 230 Å². The Kier molecular flexibility index (Phi) is 21.0. The summed E-state index contributed by atoms with van der Waals surface area (Å²) in [6.45, 7) is 0.727. The molecule has 0 bridgehead atoms. The number of nitrogens with zero attached hydrogens (tertiary/aromatic N) is 2. The van der Waals surface area contributed by atoms with Crippen molar-refractivity contribution in [3.8, 4) is 0 Å². The summed E-state index contributed by atoms with van der Waals surface area (Å²) in [5.41, 5.74) is 3.34. The Balaban J connectivity index is -0.00000289. The Morgan fingerprint density at radius 1 is 0.973 bits per heavy atom. The molecule has 1 aliphatic heterocycles. The van der Waals surface area contributed by atoms with Gasteiger partial charge >= 0.3 is 154 Å². The molecular weight excluding hydrogens is 572 g/mol. The van der Waals surface area contributed by atoms with Crippen LogP contribution in [-0.2, 0) is 30.5 Å². The summed E-state index contributed by atoms with van der Waals surface area (Å²) in [5.74, 6) is -6.49. The zero-order chi connectivity index (χ0) is 25.0. The number of imide groups is 1. The van der Waals surface area contributed by atoms with E-state index in [1.165, 1.54) is 32.1 Å². The molecule has 13 nitrogen and oxygen atoms in total. The Hall–Kier alpha value is 0.259. The maximum atomic E-state index is 12.6. The first-order valence-electron chi connectivity index (χ1n) is 9.17. The van der Waals surface area contributed by atoms with Gasteiger partial charge < -0.3 is 40.4 Å². The molecule has 0 unspecified atom stereocenters. The standard InChI is InChI=1S/C21H18N3O9.3K.H2O/c1-10-12(6-23(7-15(26)27)21(33)17(10)18(22)30)4-3-5-13-11(2)14(9-25)20(32)24(19(13)31)8-16(28)29;;;;/h3-5,9H,7-8H2,1-2H3,(H2,22,30)(H,26,27)(H,28,29);;;;1H2/q-1;3*+1;/p-3/b4-3+,13-5-;;;;. The Morgan fingerprint density at radius 2 is 1.51 bits per heavy atom. The number of rotatable bonds is 8. The van der Waals surface area contributed by atoms with Crippen LogP contribution in [0.1, 0.15) is 28.4 Å². The maximum Gasteiger partial charge on any atom is 1.00 e. The number of aromatic nitrogens is 1. The number of carbonyl (C=O) groups is 6. The smallest absolute Gasteiger partial charge is 0.870 e. The van der Waals surface area contributed by atoms with E-state index in [-0.39, 0.29) is 188 Å². The molecule has 0 saturated heterocycles. The summed E-state index contributed by atoms with van der Waals surface area (Å²) in [6, 6.07) is 0. The van der Waals surface area contributed by atoms with Gasteiger partial charge in [0.05, 0.1) is 24.1 Å². The number of aldehydes is 1. The van der Waals surface area contributed by atoms with Gasteiger partial charge in [-0.2, -0.15) is 0 Å². The van der Waals surface area contributed by atoms with Crippen molar-refractivity contribution in [1.29, 1.82) is 0 Å². The second-order valence-electron chi connectivity index (χ2n) is 6.82. The van der Waals surface area contributed by atoms with Gasteiger partial charge in [-0.25, -0.2) is 0 Å². The number of carbonyl (C=O) groups excluding carboxylic acids is 6. The number of carboxylic acid groups (broad SMARTS) is 2. The number of primary amides is 1. The molecule has 0 fully saturated rings. The van der Waals surface area contributed by atoms with Crippen LogP contribution in [0, 0.1) is 13.1 Å². The van der Waals surface area contributed by atoms with Gasteiger partial charge in [0.25, 0.3) is 11.8 Å². The first-order chi connectivity index (χ1) is 15.4. The van der Waals surface area contributed by atoms with E-state index in [4.69, 9.17) is 5.73 Å². The third kappa shape index (κ3) is 10.3. The van der Waals surface area contributed by atoms with Crippen LogP contribution in [0.4, 0.5) is 0 Å². The zero-order valence-corrected chi connectivity index (χ0v) is 30.2. The fourth-order valence-electron chi connectivity index (χ4n) is 3.10. The van der Waals surface area contributed by atoms with E-state index >= 15 is 0 Å². The van der Waals surface area contributed by atoms with Crippen molar-refractivity contribution in [1.82, 2.24) is 9.47 Å². The average Bonchev–Trinajstić information content (AvgIpc) is 2.70. The molecule has 1 aromatic heterocycles. The van der Waals surface area contributed by atoms with E-state index in [1.807, 2.05) is 0 Å². The average molecular weight is 589 g/mol. The third-order valence-electron chi connectivity index (χ3n) is 4.72. The molecule has 37 heavy (non-hydrogen) atoms. The fraction of sp³-hybridized carbons (Fsp3) is 0.190. The summed E-state index contributed by atoms with van der Waals surface area (Å²) < 4.78 is 0.594. The van der Waals surface area contributed by atoms with Crippen LogP contribution in [0.5, 0.6) is 0 Å². The molecule has 0 aliphatic carbocycles. The molecule has 180 valence electrons. The Morgan fingerprint density at radius 3 is 1.97 bits per heavy atom. The second-order valence-corrected chi connectivity index (χ2v) is 6.82. The molecule has 0 radical (unpaired) electrons. The van der Waals surface area contributed by atoms with E-state index in [1.54, 1.807) is 0 Å². The van der Waals surface area contributed by atoms with Crippen LogP contribution in [0.2, 0.25) is 0 Å². The van der Waals surface area contributed by atoms with Crippen molar-refractivity contribution in [3.05, 3.63) is 62.1 Å². The summed E-state index contributed by atoms with van der Waals surface area (Å²) >= 11 is 0. The number of nitrogens with two attached hydrogens (primary N) is 1. The van der Waals surface area contributed by atoms with E-state index < -0.39 is 59.4 Å². The van der Waals surface area contributed by atoms with Crippen molar-refractivity contribution >= 4 is 42.0 Å². The number of allylic oxidation sites excluding steroid dienone is 2. The van der Waals surface area contributed by atoms with Gasteiger partial charge in [-0.15, -0.1) is 23.3 Å². The van der Waals surface area contributed by atoms with Crippen LogP contribution < -0.4 is 176 Å². The molecule has 2 rings (SSSR count). The molecule has 3 N–H and O–H groups in total. The van der Waals surface area contributed by atoms with Crippen LogP contribution >= 0.6 is 0 Å². The molecule has 0 atom stereocenters. The second kappa shape index (κ2) is 18.6. The summed E-state index contributed by atoms with van der Waals surface area (Å²) in [7, 11) is 0. The predicted octanol–water partition coefficient (Wildman–Crippen LogP) is -12.8. The van der Waals surface area contributed by atoms with Gasteiger partial charge in [0.1, 0.15) is 0 Å². The van der Waals surface area contributed by atoms with Gasteiger partial charge in [0.2, 0.25) is 5.91 Å². The number of carboxylic acids is 2. The first-order valence-corrected chi connectivity index (χ1v) is 9.17. The summed E-state index contributed by atoms with van der Waals surface area (Å²) in [5, 5.41) is 21.8. The molecule has 0 aromatic carbocycles. The van der Waals surface area contributed by atoms with E-state index in [0.717, 1.165) is 0 Å². The molecular formula is C21H17K3N3O10-. The zero-order valence-electron chi connectivity index (χ0n) is 20.8. The Bertz CT molecular complexity index is 1270. The van der Waals surface area contributed by atoms with Crippen LogP contribution in [0.15, 0.2) is 33.7 Å². The normalized spacial score (nSPS) is 13.8. The number of hydrogen-bond donors (Lipinski definition) is 1. The number of amides is 3. The molecule has 0 saturated carbocycles. The van der Waals surface area contributed by atoms with E-state index in [9.17, 15) is 43.8 Å². The van der Waals surface area contributed by atoms with Crippen molar-refractivity contribution in [2.75, 3.05) is 6.54 Å². The van der Waals surface area contributed by atoms with Crippen LogP contribution in [0.3, 0.4) is 0 Å². The van der Waals surface area contributed by atoms with Crippen LogP contribution in [-0.4, -0.2) is 57.4 Å². The number of pyridine rings is 1. The van der Waals surface area contributed by atoms with Gasteiger partial charge in [-0.1, -0.05) is 19.2 Å². The Labute approximate surface area is 338 Å². The van der Waals surface area contributed by atoms with Crippen molar-refractivity contribution in [3.63, 3.8) is 0 Å². The van der Waals surface area contributed by atoms with Gasteiger partial charge in [0, 0.05) is 17.7 Å². The van der Waals surface area contributed by atoms with E-state index in [0.29, 0.717) is 9.47 Å². The quantitative estimate of drug-likeness (QED) is 0.0752. The first kappa shape index (κ1) is 41.7. The molecule has 2 heterocycles. The van der Waals surface area contributed by atoms with Crippen molar-refractivity contribution in [2.24, 2.45) is 5.73 Å². The molecule has 16 heteroatoms. The van der Waals surface area contributed by atoms with Crippen molar-refractivity contribution in [2.45, 2.75) is 20.4 Å². The van der Waals surface area contributed by atoms with Gasteiger partial charge in [-0.3, -0.25) is 24.1 Å². The van der Waals surface area contributed by atoms with Gasteiger partial charge in [-0.05, 0) is 12.5 Å². The largest absolute Gasteiger partial charge is 1.00 e. The predicted molar refractivity (Wildman–Crippen MR) is 107 cm³/mol. The van der Waals surface area contributed by atoms with Gasteiger partial charge in [0.15, 0.2) is 11.8 Å². The number of aliphatic carboxylic acids is 2. The molecule has 0 spiro atoms. The maximum absolute atomic E-state index is 12.6. The third-order valence-corrected chi connectivity index (χ3v) is 4.72. The van der Waals surface area contributed by atoms with Crippen LogP contribution in [0.25, 0.3) is 6.08 Å². The summed E-state index contributed by atoms with van der Waals surface area (Å²) in [4.78, 5) is 82.2. The monoisotopic (exact) mass is 588 g/mol. The summed E-state index contributed by atoms with van der Waals surface area (Å²) in [6.07, 6.45) is 6.35. The minimum Gasteiger partial charge on any atom is -0.870 e. The molecule has 1 aromatic rings. The SMILES string of the molecule is CC1=C(C=O)C(=O)N(CC(=O)[O-])C(=O)/C1=C\C=C\c1[c-]n(CC(=O)[O-])c(=O)c(C(N)=O)c1C.[K+].[K+].[K+].[OH-]. The number of hydrogen-bond acceptors (Lipinski definition) is 10. The molecule has 3 amide bonds.